The summed E-state index contributed by atoms with van der Waals surface area (Å²) in [6.07, 6.45) is 0. The van der Waals surface area contributed by atoms with Crippen LogP contribution in [0, 0.1) is 0 Å². The van der Waals surface area contributed by atoms with Crippen LogP contribution in [-0.4, -0.2) is 28.4 Å². The predicted octanol–water partition coefficient (Wildman–Crippen LogP) is 5.67. The second-order valence-electron chi connectivity index (χ2n) is 7.07. The minimum absolute atomic E-state index is 0.00944. The van der Waals surface area contributed by atoms with Gasteiger partial charge in [0.15, 0.2) is 17.2 Å². The Morgan fingerprint density at radius 2 is 1.59 bits per heavy atom. The zero-order valence-corrected chi connectivity index (χ0v) is 17.8. The fraction of sp³-hybridized carbons (Fsp3) is 0.120. The standard InChI is InChI=1S/C25H23N3O4/c1-4-28(25(32)16(2)3)19-12-10-18(11-13-19)26-27-22-21(29)15-14-20(24(22)31)23(30)17-8-6-5-7-9-17/h5-15,29,31H,2,4H2,1,3H3. The van der Waals surface area contributed by atoms with E-state index in [-0.39, 0.29) is 22.9 Å². The van der Waals surface area contributed by atoms with Gasteiger partial charge in [0.25, 0.3) is 5.91 Å². The Morgan fingerprint density at radius 1 is 0.938 bits per heavy atom. The van der Waals surface area contributed by atoms with Crippen molar-refractivity contribution in [3.63, 3.8) is 0 Å². The molecule has 32 heavy (non-hydrogen) atoms. The van der Waals surface area contributed by atoms with E-state index < -0.39 is 11.5 Å². The summed E-state index contributed by atoms with van der Waals surface area (Å²) in [6.45, 7) is 7.69. The minimum atomic E-state index is -0.455. The number of ketones is 1. The van der Waals surface area contributed by atoms with Gasteiger partial charge in [0.1, 0.15) is 5.75 Å². The van der Waals surface area contributed by atoms with Crippen molar-refractivity contribution in [1.82, 2.24) is 0 Å². The lowest BCUT2D eigenvalue weighted by molar-refractivity contribution is -0.115. The van der Waals surface area contributed by atoms with Crippen LogP contribution in [0.4, 0.5) is 17.1 Å². The van der Waals surface area contributed by atoms with E-state index in [1.54, 1.807) is 66.4 Å². The highest BCUT2D eigenvalue weighted by molar-refractivity contribution is 6.11. The van der Waals surface area contributed by atoms with Gasteiger partial charge in [-0.15, -0.1) is 5.11 Å². The highest BCUT2D eigenvalue weighted by atomic mass is 16.3. The van der Waals surface area contributed by atoms with Crippen molar-refractivity contribution in [2.24, 2.45) is 10.2 Å². The highest BCUT2D eigenvalue weighted by Crippen LogP contribution is 2.40. The van der Waals surface area contributed by atoms with E-state index in [4.69, 9.17) is 0 Å². The molecule has 0 atom stereocenters. The summed E-state index contributed by atoms with van der Waals surface area (Å²) in [5.41, 5.74) is 1.76. The van der Waals surface area contributed by atoms with E-state index in [0.29, 0.717) is 29.1 Å². The number of anilines is 1. The molecule has 3 aromatic rings. The summed E-state index contributed by atoms with van der Waals surface area (Å²) in [7, 11) is 0. The summed E-state index contributed by atoms with van der Waals surface area (Å²) in [5.74, 6) is -1.33. The van der Waals surface area contributed by atoms with Crippen LogP contribution in [0.1, 0.15) is 29.8 Å². The first-order chi connectivity index (χ1) is 15.3. The van der Waals surface area contributed by atoms with Gasteiger partial charge in [0.05, 0.1) is 11.3 Å². The molecular formula is C25H23N3O4. The Kier molecular flexibility index (Phi) is 6.80. The Labute approximate surface area is 186 Å². The van der Waals surface area contributed by atoms with Crippen molar-refractivity contribution in [3.8, 4) is 11.5 Å². The molecule has 0 aromatic heterocycles. The van der Waals surface area contributed by atoms with Gasteiger partial charge in [0, 0.05) is 23.4 Å². The van der Waals surface area contributed by atoms with Gasteiger partial charge in [-0.2, -0.15) is 5.11 Å². The van der Waals surface area contributed by atoms with Gasteiger partial charge in [-0.05, 0) is 50.2 Å². The van der Waals surface area contributed by atoms with Crippen molar-refractivity contribution in [1.29, 1.82) is 0 Å². The molecule has 3 aromatic carbocycles. The van der Waals surface area contributed by atoms with Gasteiger partial charge in [-0.1, -0.05) is 36.9 Å². The molecule has 0 aliphatic heterocycles. The van der Waals surface area contributed by atoms with Gasteiger partial charge in [0.2, 0.25) is 0 Å². The molecular weight excluding hydrogens is 406 g/mol. The Morgan fingerprint density at radius 3 is 2.19 bits per heavy atom. The number of nitrogens with zero attached hydrogens (tertiary/aromatic N) is 3. The average Bonchev–Trinajstić information content (AvgIpc) is 2.80. The minimum Gasteiger partial charge on any atom is -0.505 e. The van der Waals surface area contributed by atoms with Crippen LogP contribution in [0.5, 0.6) is 11.5 Å². The zero-order valence-electron chi connectivity index (χ0n) is 17.8. The molecule has 0 unspecified atom stereocenters. The highest BCUT2D eigenvalue weighted by Gasteiger charge is 2.19. The zero-order chi connectivity index (χ0) is 23.3. The van der Waals surface area contributed by atoms with Crippen LogP contribution in [0.15, 0.2) is 89.1 Å². The number of carbonyl (C=O) groups excluding carboxylic acids is 2. The molecule has 0 saturated heterocycles. The molecule has 0 fully saturated rings. The topological polar surface area (TPSA) is 103 Å². The maximum Gasteiger partial charge on any atom is 0.253 e. The summed E-state index contributed by atoms with van der Waals surface area (Å²) < 4.78 is 0. The number of aromatic hydroxyl groups is 2. The Balaban J connectivity index is 1.87. The average molecular weight is 429 g/mol. The van der Waals surface area contributed by atoms with Crippen LogP contribution < -0.4 is 4.90 Å². The second kappa shape index (κ2) is 9.70. The first-order valence-corrected chi connectivity index (χ1v) is 9.97. The number of benzene rings is 3. The maximum atomic E-state index is 12.7. The Hall–Kier alpha value is -4.26. The van der Waals surface area contributed by atoms with E-state index in [9.17, 15) is 19.8 Å². The van der Waals surface area contributed by atoms with Crippen molar-refractivity contribution < 1.29 is 19.8 Å². The SMILES string of the molecule is C=C(C)C(=O)N(CC)c1ccc(N=Nc2c(O)ccc(C(=O)c3ccccc3)c2O)cc1. The van der Waals surface area contributed by atoms with Gasteiger partial charge < -0.3 is 15.1 Å². The number of phenols is 2. The number of carbonyl (C=O) groups is 2. The smallest absolute Gasteiger partial charge is 0.253 e. The molecule has 0 bridgehead atoms. The number of azo groups is 1. The van der Waals surface area contributed by atoms with Crippen molar-refractivity contribution in [2.45, 2.75) is 13.8 Å². The number of phenolic OH excluding ortho intramolecular Hbond substituents is 2. The maximum absolute atomic E-state index is 12.7. The van der Waals surface area contributed by atoms with E-state index in [2.05, 4.69) is 16.8 Å². The Bertz CT molecular complexity index is 1190. The molecule has 0 aliphatic rings. The van der Waals surface area contributed by atoms with E-state index in [0.717, 1.165) is 0 Å². The number of amides is 1. The molecule has 7 heteroatoms. The molecule has 162 valence electrons. The third kappa shape index (κ3) is 4.73. The summed E-state index contributed by atoms with van der Waals surface area (Å²) in [5, 5.41) is 28.7. The van der Waals surface area contributed by atoms with Crippen LogP contribution >= 0.6 is 0 Å². The van der Waals surface area contributed by atoms with Crippen molar-refractivity contribution in [2.75, 3.05) is 11.4 Å². The number of hydrogen-bond donors (Lipinski definition) is 2. The molecule has 1 amide bonds. The van der Waals surface area contributed by atoms with Gasteiger partial charge in [-0.3, -0.25) is 9.59 Å². The predicted molar refractivity (Wildman–Crippen MR) is 123 cm³/mol. The van der Waals surface area contributed by atoms with Gasteiger partial charge >= 0.3 is 0 Å². The lowest BCUT2D eigenvalue weighted by atomic mass is 10.0. The van der Waals surface area contributed by atoms with Gasteiger partial charge in [-0.25, -0.2) is 0 Å². The molecule has 0 saturated carbocycles. The molecule has 0 radical (unpaired) electrons. The molecule has 7 nitrogen and oxygen atoms in total. The quantitative estimate of drug-likeness (QED) is 0.287. The fourth-order valence-corrected chi connectivity index (χ4v) is 3.08. The monoisotopic (exact) mass is 429 g/mol. The summed E-state index contributed by atoms with van der Waals surface area (Å²) in [4.78, 5) is 26.5. The van der Waals surface area contributed by atoms with Crippen LogP contribution in [0.3, 0.4) is 0 Å². The summed E-state index contributed by atoms with van der Waals surface area (Å²) in [6, 6.07) is 17.9. The first-order valence-electron chi connectivity index (χ1n) is 9.97. The van der Waals surface area contributed by atoms with Crippen LogP contribution in [-0.2, 0) is 4.79 Å². The lowest BCUT2D eigenvalue weighted by Gasteiger charge is -2.21. The molecule has 0 aliphatic carbocycles. The van der Waals surface area contributed by atoms with Crippen LogP contribution in [0.25, 0.3) is 0 Å². The van der Waals surface area contributed by atoms with E-state index in [1.807, 2.05) is 6.92 Å². The van der Waals surface area contributed by atoms with Crippen molar-refractivity contribution >= 4 is 28.8 Å². The van der Waals surface area contributed by atoms with Crippen LogP contribution in [0.2, 0.25) is 0 Å². The fourth-order valence-electron chi connectivity index (χ4n) is 3.08. The number of hydrogen-bond acceptors (Lipinski definition) is 6. The summed E-state index contributed by atoms with van der Waals surface area (Å²) >= 11 is 0. The lowest BCUT2D eigenvalue weighted by Crippen LogP contribution is -2.30. The molecule has 0 spiro atoms. The van der Waals surface area contributed by atoms with E-state index in [1.165, 1.54) is 12.1 Å². The number of rotatable bonds is 7. The third-order valence-corrected chi connectivity index (χ3v) is 4.76. The third-order valence-electron chi connectivity index (χ3n) is 4.76. The second-order valence-corrected chi connectivity index (χ2v) is 7.07. The molecule has 2 N–H and O–H groups in total. The normalized spacial score (nSPS) is 10.8. The molecule has 3 rings (SSSR count). The molecule has 0 heterocycles. The van der Waals surface area contributed by atoms with E-state index >= 15 is 0 Å². The first kappa shape index (κ1) is 22.4. The number of likely N-dealkylation sites (N-methyl/N-ethyl adjacent to an activating group) is 1. The van der Waals surface area contributed by atoms with Crippen molar-refractivity contribution in [3.05, 3.63) is 90.0 Å². The largest absolute Gasteiger partial charge is 0.505 e.